The number of hydrogen-bond donors (Lipinski definition) is 0. The van der Waals surface area contributed by atoms with Gasteiger partial charge in [-0.2, -0.15) is 0 Å². The zero-order chi connectivity index (χ0) is 19.1. The minimum atomic E-state index is -0.555. The summed E-state index contributed by atoms with van der Waals surface area (Å²) in [4.78, 5) is 29.0. The number of ether oxygens (including phenoxy) is 1. The van der Waals surface area contributed by atoms with Gasteiger partial charge in [-0.25, -0.2) is 4.39 Å². The van der Waals surface area contributed by atoms with E-state index in [-0.39, 0.29) is 29.7 Å². The number of carbonyl (C=O) groups excluding carboxylic acids is 2. The van der Waals surface area contributed by atoms with Crippen LogP contribution in [-0.4, -0.2) is 48.6 Å². The van der Waals surface area contributed by atoms with Crippen molar-refractivity contribution in [3.63, 3.8) is 0 Å². The number of carbonyl (C=O) groups is 2. The van der Waals surface area contributed by atoms with Gasteiger partial charge in [0.15, 0.2) is 0 Å². The smallest absolute Gasteiger partial charge is 0.253 e. The summed E-state index contributed by atoms with van der Waals surface area (Å²) in [7, 11) is 0. The lowest BCUT2D eigenvalue weighted by atomic mass is 9.74. The molecule has 2 aliphatic heterocycles. The van der Waals surface area contributed by atoms with Crippen LogP contribution >= 0.6 is 0 Å². The van der Waals surface area contributed by atoms with E-state index in [2.05, 4.69) is 6.92 Å². The predicted octanol–water partition coefficient (Wildman–Crippen LogP) is 3.13. The van der Waals surface area contributed by atoms with Crippen LogP contribution < -0.4 is 4.90 Å². The summed E-state index contributed by atoms with van der Waals surface area (Å²) >= 11 is 0. The average molecular weight is 374 g/mol. The fraction of sp³-hybridized carbons (Fsp3) is 0.619. The van der Waals surface area contributed by atoms with Gasteiger partial charge in [-0.1, -0.05) is 32.3 Å². The van der Waals surface area contributed by atoms with E-state index in [1.54, 1.807) is 17.0 Å². The van der Waals surface area contributed by atoms with E-state index in [1.807, 2.05) is 4.90 Å². The van der Waals surface area contributed by atoms with E-state index < -0.39 is 5.60 Å². The number of anilines is 1. The van der Waals surface area contributed by atoms with Crippen LogP contribution in [0.25, 0.3) is 0 Å². The number of amides is 2. The average Bonchev–Trinajstić information content (AvgIpc) is 3.07. The van der Waals surface area contributed by atoms with Crippen molar-refractivity contribution in [3.8, 4) is 0 Å². The summed E-state index contributed by atoms with van der Waals surface area (Å²) in [5, 5.41) is 0. The molecule has 5 nitrogen and oxygen atoms in total. The summed E-state index contributed by atoms with van der Waals surface area (Å²) in [6.07, 6.45) is 6.03. The first-order valence-electron chi connectivity index (χ1n) is 9.90. The lowest BCUT2D eigenvalue weighted by Gasteiger charge is -2.41. The molecule has 3 aliphatic rings. The fourth-order valence-corrected chi connectivity index (χ4v) is 4.79. The van der Waals surface area contributed by atoms with E-state index in [9.17, 15) is 14.0 Å². The fourth-order valence-electron chi connectivity index (χ4n) is 4.79. The Bertz CT molecular complexity index is 747. The molecule has 1 aromatic rings. The molecule has 27 heavy (non-hydrogen) atoms. The van der Waals surface area contributed by atoms with Crippen molar-refractivity contribution in [2.24, 2.45) is 5.41 Å². The lowest BCUT2D eigenvalue weighted by molar-refractivity contribution is -0.145. The molecule has 0 aromatic heterocycles. The molecule has 2 amide bonds. The number of nitrogens with zero attached hydrogens (tertiary/aromatic N) is 2. The van der Waals surface area contributed by atoms with Gasteiger partial charge < -0.3 is 14.5 Å². The standard InChI is InChI=1S/C21H27FN2O3/c1-20(8-3-2-4-9-20)19(26)23-11-10-21(14-23)15-24(18(25)13-27-21)17-7-5-6-16(22)12-17/h5-7,12H,2-4,8-11,13-15H2,1H3. The number of likely N-dealkylation sites (tertiary alicyclic amines) is 1. The molecule has 2 saturated heterocycles. The maximum absolute atomic E-state index is 13.6. The largest absolute Gasteiger partial charge is 0.361 e. The summed E-state index contributed by atoms with van der Waals surface area (Å²) in [5.74, 6) is -0.318. The van der Waals surface area contributed by atoms with Gasteiger partial charge in [0.2, 0.25) is 5.91 Å². The van der Waals surface area contributed by atoms with Crippen molar-refractivity contribution in [1.29, 1.82) is 0 Å². The maximum Gasteiger partial charge on any atom is 0.253 e. The molecule has 3 fully saturated rings. The Kier molecular flexibility index (Phi) is 4.70. The Hall–Kier alpha value is -1.95. The second-order valence-corrected chi connectivity index (χ2v) is 8.53. The number of halogens is 1. The van der Waals surface area contributed by atoms with Crippen molar-refractivity contribution in [2.45, 2.75) is 51.0 Å². The summed E-state index contributed by atoms with van der Waals surface area (Å²) in [6, 6.07) is 6.08. The van der Waals surface area contributed by atoms with Crippen LogP contribution in [0.1, 0.15) is 45.4 Å². The zero-order valence-electron chi connectivity index (χ0n) is 15.9. The highest BCUT2D eigenvalue weighted by atomic mass is 19.1. The van der Waals surface area contributed by atoms with Crippen LogP contribution in [-0.2, 0) is 14.3 Å². The molecule has 1 aromatic carbocycles. The summed E-state index contributed by atoms with van der Waals surface area (Å²) in [6.45, 7) is 3.56. The lowest BCUT2D eigenvalue weighted by Crippen LogP contribution is -2.56. The van der Waals surface area contributed by atoms with E-state index >= 15 is 0 Å². The number of rotatable bonds is 2. The van der Waals surface area contributed by atoms with Gasteiger partial charge in [-0.3, -0.25) is 9.59 Å². The first-order valence-corrected chi connectivity index (χ1v) is 9.90. The molecule has 1 saturated carbocycles. The van der Waals surface area contributed by atoms with Crippen LogP contribution in [0.3, 0.4) is 0 Å². The Balaban J connectivity index is 1.49. The SMILES string of the molecule is CC1(C(=O)N2CCC3(C2)CN(c2cccc(F)c2)C(=O)CO3)CCCCC1. The van der Waals surface area contributed by atoms with Gasteiger partial charge in [0.25, 0.3) is 5.91 Å². The quantitative estimate of drug-likeness (QED) is 0.799. The first-order chi connectivity index (χ1) is 12.9. The van der Waals surface area contributed by atoms with Crippen molar-refractivity contribution < 1.29 is 18.7 Å². The molecule has 4 rings (SSSR count). The third-order valence-corrected chi connectivity index (χ3v) is 6.45. The molecule has 1 spiro atoms. The highest BCUT2D eigenvalue weighted by molar-refractivity contribution is 5.95. The Morgan fingerprint density at radius 2 is 1.93 bits per heavy atom. The van der Waals surface area contributed by atoms with Gasteiger partial charge in [0, 0.05) is 17.6 Å². The van der Waals surface area contributed by atoms with E-state index in [0.717, 1.165) is 25.7 Å². The molecule has 1 aliphatic carbocycles. The second-order valence-electron chi connectivity index (χ2n) is 8.53. The van der Waals surface area contributed by atoms with Crippen molar-refractivity contribution in [2.75, 3.05) is 31.1 Å². The van der Waals surface area contributed by atoms with Gasteiger partial charge in [0.05, 0.1) is 13.1 Å². The van der Waals surface area contributed by atoms with Crippen LogP contribution in [0.5, 0.6) is 0 Å². The third-order valence-electron chi connectivity index (χ3n) is 6.45. The first kappa shape index (κ1) is 18.4. The highest BCUT2D eigenvalue weighted by Crippen LogP contribution is 2.40. The monoisotopic (exact) mass is 374 g/mol. The second kappa shape index (κ2) is 6.89. The number of benzene rings is 1. The Morgan fingerprint density at radius 1 is 1.15 bits per heavy atom. The van der Waals surface area contributed by atoms with Gasteiger partial charge in [-0.05, 0) is 37.5 Å². The topological polar surface area (TPSA) is 49.9 Å². The molecule has 0 N–H and O–H groups in total. The van der Waals surface area contributed by atoms with E-state index in [1.165, 1.54) is 18.6 Å². The van der Waals surface area contributed by atoms with Gasteiger partial charge in [-0.15, -0.1) is 0 Å². The van der Waals surface area contributed by atoms with Crippen molar-refractivity contribution in [1.82, 2.24) is 4.90 Å². The molecule has 0 bridgehead atoms. The third kappa shape index (κ3) is 3.47. The van der Waals surface area contributed by atoms with Gasteiger partial charge in [0.1, 0.15) is 18.0 Å². The minimum Gasteiger partial charge on any atom is -0.361 e. The molecule has 2 heterocycles. The number of hydrogen-bond acceptors (Lipinski definition) is 3. The van der Waals surface area contributed by atoms with Crippen LogP contribution in [0.15, 0.2) is 24.3 Å². The molecular weight excluding hydrogens is 347 g/mol. The Morgan fingerprint density at radius 3 is 2.67 bits per heavy atom. The normalized spacial score (nSPS) is 28.0. The van der Waals surface area contributed by atoms with Crippen LogP contribution in [0, 0.1) is 11.2 Å². The minimum absolute atomic E-state index is 0.0319. The maximum atomic E-state index is 13.6. The summed E-state index contributed by atoms with van der Waals surface area (Å²) in [5.41, 5.74) is -0.274. The van der Waals surface area contributed by atoms with Crippen molar-refractivity contribution in [3.05, 3.63) is 30.1 Å². The Labute approximate surface area is 159 Å². The number of morpholine rings is 1. The molecule has 0 radical (unpaired) electrons. The van der Waals surface area contributed by atoms with E-state index in [4.69, 9.17) is 4.74 Å². The molecule has 1 unspecified atom stereocenters. The zero-order valence-corrected chi connectivity index (χ0v) is 15.9. The van der Waals surface area contributed by atoms with Crippen LogP contribution in [0.4, 0.5) is 10.1 Å². The van der Waals surface area contributed by atoms with Crippen molar-refractivity contribution >= 4 is 17.5 Å². The summed E-state index contributed by atoms with van der Waals surface area (Å²) < 4.78 is 19.6. The molecule has 1 atom stereocenters. The predicted molar refractivity (Wildman–Crippen MR) is 99.8 cm³/mol. The highest BCUT2D eigenvalue weighted by Gasteiger charge is 2.49. The molecule has 6 heteroatoms. The van der Waals surface area contributed by atoms with Gasteiger partial charge >= 0.3 is 0 Å². The molecule has 146 valence electrons. The molecular formula is C21H27FN2O3. The van der Waals surface area contributed by atoms with Crippen LogP contribution in [0.2, 0.25) is 0 Å². The van der Waals surface area contributed by atoms with E-state index in [0.29, 0.717) is 31.7 Å².